The standard InChI is InChI=1S/C16H26N2O2/c1-4-20-11-15(12(2)3)18-16(19)14(17)10-13-8-6-5-7-9-13/h5-9,12,14-15H,4,10-11,17H2,1-3H3,(H,18,19)/t14-,15?/m1/s1. The first-order valence-corrected chi connectivity index (χ1v) is 7.22. The third-order valence-electron chi connectivity index (χ3n) is 3.27. The summed E-state index contributed by atoms with van der Waals surface area (Å²) >= 11 is 0. The number of rotatable bonds is 8. The molecule has 1 unspecified atom stereocenters. The van der Waals surface area contributed by atoms with Crippen molar-refractivity contribution < 1.29 is 9.53 Å². The van der Waals surface area contributed by atoms with Gasteiger partial charge in [0.15, 0.2) is 0 Å². The Bertz CT molecular complexity index is 393. The second-order valence-electron chi connectivity index (χ2n) is 5.31. The molecule has 0 radical (unpaired) electrons. The molecule has 0 aliphatic carbocycles. The highest BCUT2D eigenvalue weighted by Crippen LogP contribution is 2.05. The van der Waals surface area contributed by atoms with Crippen LogP contribution >= 0.6 is 0 Å². The van der Waals surface area contributed by atoms with Gasteiger partial charge in [-0.05, 0) is 24.8 Å². The van der Waals surface area contributed by atoms with Crippen LogP contribution < -0.4 is 11.1 Å². The summed E-state index contributed by atoms with van der Waals surface area (Å²) in [6.45, 7) is 7.24. The summed E-state index contributed by atoms with van der Waals surface area (Å²) in [6, 6.07) is 9.29. The van der Waals surface area contributed by atoms with E-state index in [0.717, 1.165) is 5.56 Å². The molecule has 0 aliphatic heterocycles. The van der Waals surface area contributed by atoms with Crippen LogP contribution in [0.1, 0.15) is 26.3 Å². The minimum atomic E-state index is -0.528. The van der Waals surface area contributed by atoms with Crippen LogP contribution in [0.5, 0.6) is 0 Å². The molecule has 0 saturated carbocycles. The van der Waals surface area contributed by atoms with Gasteiger partial charge in [0.1, 0.15) is 0 Å². The molecule has 4 nitrogen and oxygen atoms in total. The van der Waals surface area contributed by atoms with E-state index >= 15 is 0 Å². The van der Waals surface area contributed by atoms with Gasteiger partial charge in [-0.15, -0.1) is 0 Å². The van der Waals surface area contributed by atoms with E-state index in [-0.39, 0.29) is 11.9 Å². The van der Waals surface area contributed by atoms with Crippen molar-refractivity contribution in [1.29, 1.82) is 0 Å². The van der Waals surface area contributed by atoms with E-state index in [1.165, 1.54) is 0 Å². The van der Waals surface area contributed by atoms with Crippen molar-refractivity contribution in [2.45, 2.75) is 39.3 Å². The minimum Gasteiger partial charge on any atom is -0.380 e. The second kappa shape index (κ2) is 8.72. The molecule has 0 saturated heterocycles. The van der Waals surface area contributed by atoms with E-state index < -0.39 is 6.04 Å². The largest absolute Gasteiger partial charge is 0.380 e. The average Bonchev–Trinajstić information content (AvgIpc) is 2.43. The molecular formula is C16H26N2O2. The van der Waals surface area contributed by atoms with Crippen molar-refractivity contribution in [3.8, 4) is 0 Å². The molecule has 1 rings (SSSR count). The zero-order valence-electron chi connectivity index (χ0n) is 12.6. The van der Waals surface area contributed by atoms with Gasteiger partial charge < -0.3 is 15.8 Å². The molecular weight excluding hydrogens is 252 g/mol. The van der Waals surface area contributed by atoms with Gasteiger partial charge in [-0.2, -0.15) is 0 Å². The quantitative estimate of drug-likeness (QED) is 0.761. The van der Waals surface area contributed by atoms with Gasteiger partial charge >= 0.3 is 0 Å². The van der Waals surface area contributed by atoms with Crippen molar-refractivity contribution >= 4 is 5.91 Å². The molecule has 0 spiro atoms. The van der Waals surface area contributed by atoms with Crippen LogP contribution in [0.15, 0.2) is 30.3 Å². The maximum Gasteiger partial charge on any atom is 0.237 e. The van der Waals surface area contributed by atoms with E-state index in [1.54, 1.807) is 0 Å². The summed E-state index contributed by atoms with van der Waals surface area (Å²) in [6.07, 6.45) is 0.548. The Morgan fingerprint density at radius 2 is 1.95 bits per heavy atom. The summed E-state index contributed by atoms with van der Waals surface area (Å²) in [5.74, 6) is 0.196. The van der Waals surface area contributed by atoms with Crippen LogP contribution in [0.25, 0.3) is 0 Å². The van der Waals surface area contributed by atoms with E-state index in [1.807, 2.05) is 37.3 Å². The predicted octanol–water partition coefficient (Wildman–Crippen LogP) is 1.73. The Balaban J connectivity index is 2.50. The minimum absolute atomic E-state index is 0.00396. The number of amides is 1. The molecule has 0 heterocycles. The molecule has 1 aromatic carbocycles. The molecule has 112 valence electrons. The van der Waals surface area contributed by atoms with E-state index in [0.29, 0.717) is 25.6 Å². The zero-order chi connectivity index (χ0) is 15.0. The molecule has 0 fully saturated rings. The molecule has 4 heteroatoms. The number of hydrogen-bond acceptors (Lipinski definition) is 3. The fraction of sp³-hybridized carbons (Fsp3) is 0.562. The fourth-order valence-electron chi connectivity index (χ4n) is 1.90. The van der Waals surface area contributed by atoms with E-state index in [9.17, 15) is 4.79 Å². The molecule has 0 bridgehead atoms. The van der Waals surface area contributed by atoms with Crippen molar-refractivity contribution in [2.75, 3.05) is 13.2 Å². The molecule has 1 amide bonds. The number of carbonyl (C=O) groups excluding carboxylic acids is 1. The second-order valence-corrected chi connectivity index (χ2v) is 5.31. The van der Waals surface area contributed by atoms with Crippen molar-refractivity contribution in [3.63, 3.8) is 0 Å². The van der Waals surface area contributed by atoms with Crippen LogP contribution in [0, 0.1) is 5.92 Å². The molecule has 20 heavy (non-hydrogen) atoms. The first-order chi connectivity index (χ1) is 9.54. The summed E-state index contributed by atoms with van der Waals surface area (Å²) < 4.78 is 5.40. The first-order valence-electron chi connectivity index (χ1n) is 7.22. The number of ether oxygens (including phenoxy) is 1. The lowest BCUT2D eigenvalue weighted by atomic mass is 10.0. The number of benzene rings is 1. The lowest BCUT2D eigenvalue weighted by Gasteiger charge is -2.24. The predicted molar refractivity (Wildman–Crippen MR) is 81.4 cm³/mol. The third-order valence-corrected chi connectivity index (χ3v) is 3.27. The Hall–Kier alpha value is -1.39. The molecule has 3 N–H and O–H groups in total. The smallest absolute Gasteiger partial charge is 0.237 e. The van der Waals surface area contributed by atoms with Gasteiger partial charge in [-0.1, -0.05) is 44.2 Å². The van der Waals surface area contributed by atoms with Crippen LogP contribution in [0.3, 0.4) is 0 Å². The highest BCUT2D eigenvalue weighted by Gasteiger charge is 2.20. The lowest BCUT2D eigenvalue weighted by molar-refractivity contribution is -0.123. The number of hydrogen-bond donors (Lipinski definition) is 2. The topological polar surface area (TPSA) is 64.3 Å². The van der Waals surface area contributed by atoms with E-state index in [2.05, 4.69) is 19.2 Å². The Morgan fingerprint density at radius 3 is 2.50 bits per heavy atom. The SMILES string of the molecule is CCOCC(NC(=O)[C@H](N)Cc1ccccc1)C(C)C. The summed E-state index contributed by atoms with van der Waals surface area (Å²) in [7, 11) is 0. The first kappa shape index (κ1) is 16.7. The van der Waals surface area contributed by atoms with Gasteiger partial charge in [0, 0.05) is 6.61 Å². The zero-order valence-corrected chi connectivity index (χ0v) is 12.6. The summed E-state index contributed by atoms with van der Waals surface area (Å²) in [5.41, 5.74) is 7.04. The van der Waals surface area contributed by atoms with Crippen molar-refractivity contribution in [2.24, 2.45) is 11.7 Å². The highest BCUT2D eigenvalue weighted by molar-refractivity contribution is 5.82. The third kappa shape index (κ3) is 5.72. The summed E-state index contributed by atoms with van der Waals surface area (Å²) in [5, 5.41) is 2.98. The average molecular weight is 278 g/mol. The van der Waals surface area contributed by atoms with Crippen molar-refractivity contribution in [3.05, 3.63) is 35.9 Å². The van der Waals surface area contributed by atoms with Crippen LogP contribution in [-0.4, -0.2) is 31.2 Å². The van der Waals surface area contributed by atoms with Gasteiger partial charge in [0.25, 0.3) is 0 Å². The van der Waals surface area contributed by atoms with Gasteiger partial charge in [0.05, 0.1) is 18.7 Å². The normalized spacial score (nSPS) is 14.1. The lowest BCUT2D eigenvalue weighted by Crippen LogP contribution is -2.49. The monoisotopic (exact) mass is 278 g/mol. The number of nitrogens with one attached hydrogen (secondary N) is 1. The molecule has 0 aromatic heterocycles. The maximum atomic E-state index is 12.1. The van der Waals surface area contributed by atoms with Crippen molar-refractivity contribution in [1.82, 2.24) is 5.32 Å². The van der Waals surface area contributed by atoms with Gasteiger partial charge in [-0.3, -0.25) is 4.79 Å². The number of nitrogens with two attached hydrogens (primary N) is 1. The van der Waals surface area contributed by atoms with Gasteiger partial charge in [0.2, 0.25) is 5.91 Å². The Labute approximate surface area is 121 Å². The van der Waals surface area contributed by atoms with Crippen LogP contribution in [0.2, 0.25) is 0 Å². The number of carbonyl (C=O) groups is 1. The Morgan fingerprint density at radius 1 is 1.30 bits per heavy atom. The molecule has 1 aromatic rings. The maximum absolute atomic E-state index is 12.1. The summed E-state index contributed by atoms with van der Waals surface area (Å²) in [4.78, 5) is 12.1. The van der Waals surface area contributed by atoms with Crippen LogP contribution in [-0.2, 0) is 16.0 Å². The molecule has 0 aliphatic rings. The van der Waals surface area contributed by atoms with E-state index in [4.69, 9.17) is 10.5 Å². The van der Waals surface area contributed by atoms with Gasteiger partial charge in [-0.25, -0.2) is 0 Å². The molecule has 2 atom stereocenters. The highest BCUT2D eigenvalue weighted by atomic mass is 16.5. The Kier molecular flexibility index (Phi) is 7.26. The van der Waals surface area contributed by atoms with Crippen LogP contribution in [0.4, 0.5) is 0 Å². The fourth-order valence-corrected chi connectivity index (χ4v) is 1.90.